The minimum absolute atomic E-state index is 0.502. The molecule has 0 unspecified atom stereocenters. The minimum atomic E-state index is 0.502. The van der Waals surface area contributed by atoms with E-state index < -0.39 is 0 Å². The molecule has 96 valence electrons. The second-order valence-electron chi connectivity index (χ2n) is 4.49. The van der Waals surface area contributed by atoms with Gasteiger partial charge in [-0.25, -0.2) is 4.98 Å². The standard InChI is InChI=1S/C13H23N3O/c1-5-7-11-15-12(14-6-2)8-13(16-11)17-9-10(3)4/h8,10H,5-7,9H2,1-4H3,(H,14,15,16). The zero-order valence-corrected chi connectivity index (χ0v) is 11.3. The molecular formula is C13H23N3O. The highest BCUT2D eigenvalue weighted by Crippen LogP contribution is 2.15. The zero-order valence-electron chi connectivity index (χ0n) is 11.3. The number of hydrogen-bond acceptors (Lipinski definition) is 4. The molecule has 0 aliphatic carbocycles. The molecule has 0 fully saturated rings. The van der Waals surface area contributed by atoms with Crippen molar-refractivity contribution in [2.45, 2.75) is 40.5 Å². The van der Waals surface area contributed by atoms with Crippen molar-refractivity contribution in [3.05, 3.63) is 11.9 Å². The van der Waals surface area contributed by atoms with E-state index in [0.29, 0.717) is 18.4 Å². The molecule has 0 aromatic carbocycles. The van der Waals surface area contributed by atoms with Gasteiger partial charge in [-0.15, -0.1) is 0 Å². The van der Waals surface area contributed by atoms with Crippen molar-refractivity contribution in [1.29, 1.82) is 0 Å². The Morgan fingerprint density at radius 1 is 1.29 bits per heavy atom. The predicted molar refractivity (Wildman–Crippen MR) is 70.5 cm³/mol. The highest BCUT2D eigenvalue weighted by atomic mass is 16.5. The molecule has 0 saturated heterocycles. The highest BCUT2D eigenvalue weighted by molar-refractivity contribution is 5.38. The first-order valence-corrected chi connectivity index (χ1v) is 6.40. The number of aryl methyl sites for hydroxylation is 1. The van der Waals surface area contributed by atoms with Gasteiger partial charge in [-0.1, -0.05) is 20.8 Å². The molecule has 1 heterocycles. The van der Waals surface area contributed by atoms with Crippen LogP contribution in [0.1, 0.15) is 39.9 Å². The maximum Gasteiger partial charge on any atom is 0.218 e. The van der Waals surface area contributed by atoms with Gasteiger partial charge in [0.25, 0.3) is 0 Å². The minimum Gasteiger partial charge on any atom is -0.477 e. The molecule has 0 amide bonds. The summed E-state index contributed by atoms with van der Waals surface area (Å²) in [6, 6.07) is 1.87. The first-order chi connectivity index (χ1) is 8.15. The number of hydrogen-bond donors (Lipinski definition) is 1. The van der Waals surface area contributed by atoms with E-state index in [1.165, 1.54) is 0 Å². The summed E-state index contributed by atoms with van der Waals surface area (Å²) in [6.07, 6.45) is 1.93. The van der Waals surface area contributed by atoms with Crippen LogP contribution in [0.4, 0.5) is 5.82 Å². The fourth-order valence-corrected chi connectivity index (χ4v) is 1.41. The van der Waals surface area contributed by atoms with Crippen LogP contribution >= 0.6 is 0 Å². The van der Waals surface area contributed by atoms with Crippen molar-refractivity contribution >= 4 is 5.82 Å². The van der Waals surface area contributed by atoms with Gasteiger partial charge in [0.05, 0.1) is 6.61 Å². The van der Waals surface area contributed by atoms with Gasteiger partial charge in [0.2, 0.25) is 5.88 Å². The molecule has 0 radical (unpaired) electrons. The lowest BCUT2D eigenvalue weighted by Crippen LogP contribution is -2.09. The lowest BCUT2D eigenvalue weighted by Gasteiger charge is -2.11. The van der Waals surface area contributed by atoms with Gasteiger partial charge in [-0.05, 0) is 19.3 Å². The molecular weight excluding hydrogens is 214 g/mol. The third-order valence-electron chi connectivity index (χ3n) is 2.15. The first kappa shape index (κ1) is 13.7. The molecule has 1 N–H and O–H groups in total. The van der Waals surface area contributed by atoms with Gasteiger partial charge >= 0.3 is 0 Å². The van der Waals surface area contributed by atoms with Crippen LogP contribution in [-0.2, 0) is 6.42 Å². The van der Waals surface area contributed by atoms with Crippen LogP contribution in [0.5, 0.6) is 5.88 Å². The van der Waals surface area contributed by atoms with Gasteiger partial charge in [0, 0.05) is 19.0 Å². The number of nitrogens with one attached hydrogen (secondary N) is 1. The molecule has 17 heavy (non-hydrogen) atoms. The third kappa shape index (κ3) is 5.02. The predicted octanol–water partition coefficient (Wildman–Crippen LogP) is 2.90. The quantitative estimate of drug-likeness (QED) is 0.792. The maximum atomic E-state index is 5.65. The van der Waals surface area contributed by atoms with E-state index in [0.717, 1.165) is 31.0 Å². The summed E-state index contributed by atoms with van der Waals surface area (Å²) in [5, 5.41) is 3.20. The van der Waals surface area contributed by atoms with Crippen LogP contribution in [0.15, 0.2) is 6.07 Å². The molecule has 1 rings (SSSR count). The second-order valence-corrected chi connectivity index (χ2v) is 4.49. The monoisotopic (exact) mass is 237 g/mol. The van der Waals surface area contributed by atoms with E-state index in [4.69, 9.17) is 4.74 Å². The van der Waals surface area contributed by atoms with E-state index in [1.54, 1.807) is 0 Å². The van der Waals surface area contributed by atoms with Crippen molar-refractivity contribution in [2.75, 3.05) is 18.5 Å². The fraction of sp³-hybridized carbons (Fsp3) is 0.692. The van der Waals surface area contributed by atoms with Crippen molar-refractivity contribution < 1.29 is 4.74 Å². The number of rotatable bonds is 7. The highest BCUT2D eigenvalue weighted by Gasteiger charge is 2.05. The average Bonchev–Trinajstić information content (AvgIpc) is 2.27. The van der Waals surface area contributed by atoms with Crippen LogP contribution in [-0.4, -0.2) is 23.1 Å². The number of nitrogens with zero attached hydrogens (tertiary/aromatic N) is 2. The smallest absolute Gasteiger partial charge is 0.218 e. The molecule has 4 nitrogen and oxygen atoms in total. The van der Waals surface area contributed by atoms with Crippen LogP contribution in [0.2, 0.25) is 0 Å². The van der Waals surface area contributed by atoms with Gasteiger partial charge in [-0.3, -0.25) is 0 Å². The van der Waals surface area contributed by atoms with Crippen molar-refractivity contribution in [1.82, 2.24) is 9.97 Å². The average molecular weight is 237 g/mol. The lowest BCUT2D eigenvalue weighted by atomic mass is 10.2. The van der Waals surface area contributed by atoms with Crippen LogP contribution in [0, 0.1) is 5.92 Å². The van der Waals surface area contributed by atoms with E-state index in [9.17, 15) is 0 Å². The van der Waals surface area contributed by atoms with Gasteiger partial charge in [0.15, 0.2) is 0 Å². The van der Waals surface area contributed by atoms with Crippen LogP contribution in [0.25, 0.3) is 0 Å². The number of ether oxygens (including phenoxy) is 1. The Kier molecular flexibility index (Phi) is 5.73. The van der Waals surface area contributed by atoms with Crippen molar-refractivity contribution in [3.8, 4) is 5.88 Å². The summed E-state index contributed by atoms with van der Waals surface area (Å²) in [7, 11) is 0. The Labute approximate surface area is 104 Å². The van der Waals surface area contributed by atoms with E-state index in [2.05, 4.69) is 43.0 Å². The van der Waals surface area contributed by atoms with Crippen molar-refractivity contribution in [3.63, 3.8) is 0 Å². The Morgan fingerprint density at radius 3 is 2.65 bits per heavy atom. The SMILES string of the molecule is CCCc1nc(NCC)cc(OCC(C)C)n1. The van der Waals surface area contributed by atoms with Crippen LogP contribution < -0.4 is 10.1 Å². The first-order valence-electron chi connectivity index (χ1n) is 6.40. The van der Waals surface area contributed by atoms with E-state index in [1.807, 2.05) is 6.07 Å². The fourth-order valence-electron chi connectivity index (χ4n) is 1.41. The molecule has 0 saturated carbocycles. The molecule has 0 aliphatic heterocycles. The molecule has 1 aromatic heterocycles. The number of anilines is 1. The third-order valence-corrected chi connectivity index (χ3v) is 2.15. The normalized spacial score (nSPS) is 10.6. The summed E-state index contributed by atoms with van der Waals surface area (Å²) in [4.78, 5) is 8.84. The zero-order chi connectivity index (χ0) is 12.7. The second kappa shape index (κ2) is 7.09. The van der Waals surface area contributed by atoms with Crippen molar-refractivity contribution in [2.24, 2.45) is 5.92 Å². The molecule has 0 spiro atoms. The van der Waals surface area contributed by atoms with Crippen LogP contribution in [0.3, 0.4) is 0 Å². The van der Waals surface area contributed by atoms with E-state index in [-0.39, 0.29) is 0 Å². The molecule has 0 atom stereocenters. The Bertz CT molecular complexity index is 315. The largest absolute Gasteiger partial charge is 0.477 e. The summed E-state index contributed by atoms with van der Waals surface area (Å²) in [6.45, 7) is 9.97. The molecule has 4 heteroatoms. The van der Waals surface area contributed by atoms with E-state index >= 15 is 0 Å². The molecule has 0 bridgehead atoms. The summed E-state index contributed by atoms with van der Waals surface area (Å²) in [5.74, 6) is 2.88. The van der Waals surface area contributed by atoms with Gasteiger partial charge < -0.3 is 10.1 Å². The lowest BCUT2D eigenvalue weighted by molar-refractivity contribution is 0.260. The Balaban J connectivity index is 2.79. The maximum absolute atomic E-state index is 5.65. The molecule has 0 aliphatic rings. The molecule has 1 aromatic rings. The van der Waals surface area contributed by atoms with Gasteiger partial charge in [-0.2, -0.15) is 4.98 Å². The topological polar surface area (TPSA) is 47.0 Å². The Morgan fingerprint density at radius 2 is 2.06 bits per heavy atom. The summed E-state index contributed by atoms with van der Waals surface area (Å²) in [5.41, 5.74) is 0. The summed E-state index contributed by atoms with van der Waals surface area (Å²) < 4.78 is 5.65. The van der Waals surface area contributed by atoms with Gasteiger partial charge in [0.1, 0.15) is 11.6 Å². The summed E-state index contributed by atoms with van der Waals surface area (Å²) >= 11 is 0. The number of aromatic nitrogens is 2. The Hall–Kier alpha value is -1.32.